The first-order valence-electron chi connectivity index (χ1n) is 7.74. The van der Waals surface area contributed by atoms with Crippen molar-refractivity contribution >= 4 is 11.8 Å². The Bertz CT molecular complexity index is 637. The molecule has 2 heterocycles. The number of H-pyrrole nitrogens is 1. The third-order valence-electron chi connectivity index (χ3n) is 4.44. The van der Waals surface area contributed by atoms with Crippen LogP contribution < -0.4 is 0 Å². The number of piperidine rings is 1. The number of carbonyl (C=O) groups is 2. The van der Waals surface area contributed by atoms with Crippen LogP contribution in [0, 0.1) is 19.8 Å². The molecular formula is C16H21F3N2O3. The van der Waals surface area contributed by atoms with E-state index in [0.29, 0.717) is 29.8 Å². The highest BCUT2D eigenvalue weighted by molar-refractivity contribution is 6.02. The number of methoxy groups -OCH3 is 1. The number of Topliss-reactive ketones (excluding diaryl/α,β-unsaturated/α-hetero) is 1. The van der Waals surface area contributed by atoms with Gasteiger partial charge in [0.2, 0.25) is 0 Å². The van der Waals surface area contributed by atoms with E-state index in [1.807, 2.05) is 0 Å². The van der Waals surface area contributed by atoms with Gasteiger partial charge in [-0.1, -0.05) is 0 Å². The summed E-state index contributed by atoms with van der Waals surface area (Å²) in [5.74, 6) is -2.26. The Morgan fingerprint density at radius 1 is 1.33 bits per heavy atom. The van der Waals surface area contributed by atoms with Crippen LogP contribution in [0.25, 0.3) is 0 Å². The fourth-order valence-corrected chi connectivity index (χ4v) is 3.19. The van der Waals surface area contributed by atoms with Gasteiger partial charge in [-0.25, -0.2) is 4.79 Å². The molecule has 8 heteroatoms. The van der Waals surface area contributed by atoms with Gasteiger partial charge in [0.05, 0.1) is 30.8 Å². The average Bonchev–Trinajstić information content (AvgIpc) is 2.81. The number of aromatic amines is 1. The summed E-state index contributed by atoms with van der Waals surface area (Å²) in [5, 5.41) is 0. The molecule has 0 spiro atoms. The molecule has 5 nitrogen and oxygen atoms in total. The number of likely N-dealkylation sites (tertiary alicyclic amines) is 1. The quantitative estimate of drug-likeness (QED) is 0.673. The number of hydrogen-bond donors (Lipinski definition) is 1. The molecule has 0 amide bonds. The zero-order chi connectivity index (χ0) is 18.1. The van der Waals surface area contributed by atoms with Crippen molar-refractivity contribution in [3.05, 3.63) is 22.5 Å². The minimum atomic E-state index is -4.24. The second-order valence-electron chi connectivity index (χ2n) is 6.16. The summed E-state index contributed by atoms with van der Waals surface area (Å²) in [4.78, 5) is 28.6. The van der Waals surface area contributed by atoms with Crippen LogP contribution >= 0.6 is 0 Å². The normalized spacial score (nSPS) is 19.3. The first kappa shape index (κ1) is 18.5. The summed E-state index contributed by atoms with van der Waals surface area (Å²) in [5.41, 5.74) is 1.53. The number of rotatable bonds is 4. The highest BCUT2D eigenvalue weighted by atomic mass is 19.4. The molecule has 1 aliphatic rings. The SMILES string of the molecule is COC(=O)c1c(C)[nH]c(C(=O)CN2CCC[C@@H](C(F)(F)F)C2)c1C. The highest BCUT2D eigenvalue weighted by Crippen LogP contribution is 2.33. The number of nitrogens with one attached hydrogen (secondary N) is 1. The van der Waals surface area contributed by atoms with Crippen LogP contribution in [0.2, 0.25) is 0 Å². The fourth-order valence-electron chi connectivity index (χ4n) is 3.19. The van der Waals surface area contributed by atoms with E-state index in [2.05, 4.69) is 9.72 Å². The molecule has 0 aromatic carbocycles. The molecular weight excluding hydrogens is 325 g/mol. The molecule has 24 heavy (non-hydrogen) atoms. The molecule has 1 atom stereocenters. The average molecular weight is 346 g/mol. The fraction of sp³-hybridized carbons (Fsp3) is 0.625. The van der Waals surface area contributed by atoms with Crippen molar-refractivity contribution < 1.29 is 27.5 Å². The van der Waals surface area contributed by atoms with Gasteiger partial charge in [-0.15, -0.1) is 0 Å². The van der Waals surface area contributed by atoms with Gasteiger partial charge in [0.15, 0.2) is 5.78 Å². The van der Waals surface area contributed by atoms with Crippen LogP contribution in [-0.2, 0) is 4.74 Å². The summed E-state index contributed by atoms with van der Waals surface area (Å²) in [6, 6.07) is 0. The number of aromatic nitrogens is 1. The Kier molecular flexibility index (Phi) is 5.37. The van der Waals surface area contributed by atoms with Gasteiger partial charge in [-0.3, -0.25) is 9.69 Å². The van der Waals surface area contributed by atoms with Crippen LogP contribution in [0.4, 0.5) is 13.2 Å². The largest absolute Gasteiger partial charge is 0.465 e. The summed E-state index contributed by atoms with van der Waals surface area (Å²) < 4.78 is 43.2. The van der Waals surface area contributed by atoms with E-state index >= 15 is 0 Å². The van der Waals surface area contributed by atoms with Crippen LogP contribution in [0.15, 0.2) is 0 Å². The molecule has 2 rings (SSSR count). The number of nitrogens with zero attached hydrogens (tertiary/aromatic N) is 1. The lowest BCUT2D eigenvalue weighted by atomic mass is 9.97. The third kappa shape index (κ3) is 3.80. The summed E-state index contributed by atoms with van der Waals surface area (Å²) in [6.07, 6.45) is -3.73. The predicted molar refractivity (Wildman–Crippen MR) is 81.2 cm³/mol. The Hall–Kier alpha value is -1.83. The van der Waals surface area contributed by atoms with Gasteiger partial charge in [-0.05, 0) is 38.8 Å². The number of halogens is 3. The lowest BCUT2D eigenvalue weighted by molar-refractivity contribution is -0.186. The van der Waals surface area contributed by atoms with Crippen LogP contribution in [0.3, 0.4) is 0 Å². The Balaban J connectivity index is 2.12. The van der Waals surface area contributed by atoms with Crippen molar-refractivity contribution in [1.29, 1.82) is 0 Å². The molecule has 1 aromatic heterocycles. The van der Waals surface area contributed by atoms with Crippen LogP contribution in [0.1, 0.15) is 44.9 Å². The molecule has 1 saturated heterocycles. The van der Waals surface area contributed by atoms with Crippen molar-refractivity contribution in [3.63, 3.8) is 0 Å². The number of aryl methyl sites for hydroxylation is 1. The number of ether oxygens (including phenoxy) is 1. The summed E-state index contributed by atoms with van der Waals surface area (Å²) in [6.45, 7) is 3.46. The summed E-state index contributed by atoms with van der Waals surface area (Å²) >= 11 is 0. The number of ketones is 1. The molecule has 134 valence electrons. The van der Waals surface area contributed by atoms with Gasteiger partial charge >= 0.3 is 12.1 Å². The Morgan fingerprint density at radius 3 is 2.58 bits per heavy atom. The monoisotopic (exact) mass is 346 g/mol. The van der Waals surface area contributed by atoms with E-state index in [-0.39, 0.29) is 31.0 Å². The lowest BCUT2D eigenvalue weighted by Crippen LogP contribution is -2.43. The van der Waals surface area contributed by atoms with Crippen molar-refractivity contribution in [2.75, 3.05) is 26.7 Å². The van der Waals surface area contributed by atoms with Gasteiger partial charge in [-0.2, -0.15) is 13.2 Å². The second-order valence-corrected chi connectivity index (χ2v) is 6.16. The van der Waals surface area contributed by atoms with Crippen molar-refractivity contribution in [3.8, 4) is 0 Å². The molecule has 1 aromatic rings. The standard InChI is InChI=1S/C16H21F3N2O3/c1-9-13(15(23)24-3)10(2)20-14(9)12(22)8-21-6-4-5-11(7-21)16(17,18)19/h11,20H,4-8H2,1-3H3/t11-/m1/s1. The molecule has 0 unspecified atom stereocenters. The number of carbonyl (C=O) groups excluding carboxylic acids is 2. The maximum Gasteiger partial charge on any atom is 0.393 e. The van der Waals surface area contributed by atoms with Crippen molar-refractivity contribution in [1.82, 2.24) is 9.88 Å². The van der Waals surface area contributed by atoms with Crippen LogP contribution in [-0.4, -0.2) is 54.6 Å². The smallest absolute Gasteiger partial charge is 0.393 e. The van der Waals surface area contributed by atoms with E-state index in [1.54, 1.807) is 13.8 Å². The molecule has 1 fully saturated rings. The minimum Gasteiger partial charge on any atom is -0.465 e. The number of alkyl halides is 3. The third-order valence-corrected chi connectivity index (χ3v) is 4.44. The molecule has 0 saturated carbocycles. The predicted octanol–water partition coefficient (Wildman–Crippen LogP) is 2.88. The van der Waals surface area contributed by atoms with Crippen LogP contribution in [0.5, 0.6) is 0 Å². The minimum absolute atomic E-state index is 0.0985. The molecule has 0 bridgehead atoms. The summed E-state index contributed by atoms with van der Waals surface area (Å²) in [7, 11) is 1.25. The van der Waals surface area contributed by atoms with E-state index in [4.69, 9.17) is 0 Å². The first-order valence-corrected chi connectivity index (χ1v) is 7.74. The zero-order valence-corrected chi connectivity index (χ0v) is 13.9. The Labute approximate surface area is 138 Å². The zero-order valence-electron chi connectivity index (χ0n) is 13.9. The molecule has 0 aliphatic carbocycles. The maximum atomic E-state index is 12.9. The van der Waals surface area contributed by atoms with Crippen molar-refractivity contribution in [2.24, 2.45) is 5.92 Å². The van der Waals surface area contributed by atoms with Gasteiger partial charge < -0.3 is 9.72 Å². The van der Waals surface area contributed by atoms with E-state index < -0.39 is 18.1 Å². The van der Waals surface area contributed by atoms with E-state index in [1.165, 1.54) is 12.0 Å². The highest BCUT2D eigenvalue weighted by Gasteiger charge is 2.42. The topological polar surface area (TPSA) is 62.4 Å². The van der Waals surface area contributed by atoms with Gasteiger partial charge in [0.25, 0.3) is 0 Å². The number of esters is 1. The Morgan fingerprint density at radius 2 is 2.00 bits per heavy atom. The second kappa shape index (κ2) is 6.96. The number of hydrogen-bond acceptors (Lipinski definition) is 4. The van der Waals surface area contributed by atoms with Crippen molar-refractivity contribution in [2.45, 2.75) is 32.9 Å². The van der Waals surface area contributed by atoms with Gasteiger partial charge in [0.1, 0.15) is 0 Å². The molecule has 0 radical (unpaired) electrons. The molecule has 1 N–H and O–H groups in total. The van der Waals surface area contributed by atoms with E-state index in [0.717, 1.165) is 0 Å². The molecule has 1 aliphatic heterocycles. The maximum absolute atomic E-state index is 12.9. The lowest BCUT2D eigenvalue weighted by Gasteiger charge is -2.33. The van der Waals surface area contributed by atoms with Gasteiger partial charge in [0, 0.05) is 12.2 Å². The first-order chi connectivity index (χ1) is 11.1. The van der Waals surface area contributed by atoms with E-state index in [9.17, 15) is 22.8 Å².